The van der Waals surface area contributed by atoms with E-state index in [4.69, 9.17) is 19.0 Å². The van der Waals surface area contributed by atoms with Crippen LogP contribution in [0.15, 0.2) is 4.99 Å². The minimum absolute atomic E-state index is 0.180. The highest BCUT2D eigenvalue weighted by atomic mass is 16.7. The highest BCUT2D eigenvalue weighted by Crippen LogP contribution is 2.42. The fourth-order valence-electron chi connectivity index (χ4n) is 3.53. The summed E-state index contributed by atoms with van der Waals surface area (Å²) in [5.74, 6) is -0.618. The Labute approximate surface area is 141 Å². The third-order valence-electron chi connectivity index (χ3n) is 4.56. The van der Waals surface area contributed by atoms with Gasteiger partial charge < -0.3 is 14.2 Å². The molecule has 0 bridgehead atoms. The third kappa shape index (κ3) is 2.88. The van der Waals surface area contributed by atoms with Gasteiger partial charge in [-0.15, -0.1) is 0 Å². The van der Waals surface area contributed by atoms with Gasteiger partial charge in [-0.1, -0.05) is 0 Å². The molecule has 0 aromatic carbocycles. The molecule has 2 fully saturated rings. The molecule has 0 radical (unpaired) electrons. The van der Waals surface area contributed by atoms with Crippen LogP contribution in [0.25, 0.3) is 0 Å². The summed E-state index contributed by atoms with van der Waals surface area (Å²) in [7, 11) is 0. The van der Waals surface area contributed by atoms with Gasteiger partial charge in [0.2, 0.25) is 0 Å². The monoisotopic (exact) mass is 340 g/mol. The zero-order valence-electron chi connectivity index (χ0n) is 14.2. The number of amidine groups is 1. The lowest BCUT2D eigenvalue weighted by atomic mass is 9.98. The fourth-order valence-corrected chi connectivity index (χ4v) is 3.53. The Hall–Kier alpha value is -1.67. The van der Waals surface area contributed by atoms with Crippen LogP contribution in [0, 0.1) is 0 Å². The van der Waals surface area contributed by atoms with Crippen LogP contribution in [0.5, 0.6) is 0 Å². The van der Waals surface area contributed by atoms with E-state index >= 15 is 0 Å². The second kappa shape index (κ2) is 6.68. The van der Waals surface area contributed by atoms with Crippen molar-refractivity contribution in [1.82, 2.24) is 5.06 Å². The first-order chi connectivity index (χ1) is 11.6. The van der Waals surface area contributed by atoms with Crippen LogP contribution in [0.4, 0.5) is 0 Å². The van der Waals surface area contributed by atoms with Gasteiger partial charge >= 0.3 is 11.9 Å². The largest absolute Gasteiger partial charge is 0.466 e. The number of fused-ring (bicyclic) bond motifs is 2. The van der Waals surface area contributed by atoms with Crippen LogP contribution < -0.4 is 0 Å². The number of morpholine rings is 1. The molecule has 1 spiro atoms. The van der Waals surface area contributed by atoms with Gasteiger partial charge in [0.05, 0.1) is 26.4 Å². The molecule has 0 amide bonds. The van der Waals surface area contributed by atoms with Gasteiger partial charge in [0, 0.05) is 0 Å². The van der Waals surface area contributed by atoms with Crippen molar-refractivity contribution < 1.29 is 28.6 Å². The first kappa shape index (κ1) is 17.2. The van der Waals surface area contributed by atoms with Crippen LogP contribution in [0.2, 0.25) is 0 Å². The van der Waals surface area contributed by atoms with E-state index in [1.807, 2.05) is 0 Å². The van der Waals surface area contributed by atoms with Crippen molar-refractivity contribution in [2.24, 2.45) is 4.99 Å². The number of aliphatic imine (C=N–C) groups is 1. The molecule has 0 N–H and O–H groups in total. The number of ether oxygens (including phenoxy) is 3. The predicted octanol–water partition coefficient (Wildman–Crippen LogP) is 1.19. The van der Waals surface area contributed by atoms with E-state index in [2.05, 4.69) is 4.99 Å². The second-order valence-corrected chi connectivity index (χ2v) is 6.17. The fraction of sp³-hybridized carbons (Fsp3) is 0.812. The zero-order valence-corrected chi connectivity index (χ0v) is 14.2. The van der Waals surface area contributed by atoms with Crippen LogP contribution in [-0.4, -0.2) is 60.5 Å². The van der Waals surface area contributed by atoms with E-state index in [0.717, 1.165) is 25.7 Å². The molecule has 3 aliphatic rings. The van der Waals surface area contributed by atoms with E-state index in [0.29, 0.717) is 19.0 Å². The summed E-state index contributed by atoms with van der Waals surface area (Å²) in [5, 5.41) is 1.60. The lowest BCUT2D eigenvalue weighted by Crippen LogP contribution is -2.53. The van der Waals surface area contributed by atoms with Crippen molar-refractivity contribution in [2.75, 3.05) is 26.4 Å². The van der Waals surface area contributed by atoms with Crippen LogP contribution in [0.1, 0.15) is 46.0 Å². The topological polar surface area (TPSA) is 86.7 Å². The molecule has 1 atom stereocenters. The van der Waals surface area contributed by atoms with Gasteiger partial charge in [0.1, 0.15) is 12.0 Å². The average molecular weight is 340 g/mol. The highest BCUT2D eigenvalue weighted by Gasteiger charge is 2.57. The number of hydrogen-bond acceptors (Lipinski definition) is 8. The second-order valence-electron chi connectivity index (χ2n) is 6.17. The Morgan fingerprint density at radius 3 is 2.58 bits per heavy atom. The molecule has 0 aromatic heterocycles. The normalized spacial score (nSPS) is 27.8. The van der Waals surface area contributed by atoms with E-state index in [1.54, 1.807) is 18.9 Å². The molecule has 2 heterocycles. The molecular weight excluding hydrogens is 316 g/mol. The summed E-state index contributed by atoms with van der Waals surface area (Å²) < 4.78 is 16.1. The van der Waals surface area contributed by atoms with Crippen molar-refractivity contribution in [1.29, 1.82) is 0 Å². The highest BCUT2D eigenvalue weighted by molar-refractivity contribution is 5.97. The lowest BCUT2D eigenvalue weighted by Gasteiger charge is -2.38. The predicted molar refractivity (Wildman–Crippen MR) is 83.0 cm³/mol. The molecule has 1 saturated carbocycles. The summed E-state index contributed by atoms with van der Waals surface area (Å²) in [5.41, 5.74) is -2.22. The Kier molecular flexibility index (Phi) is 4.78. The number of hydroxylamine groups is 2. The molecule has 134 valence electrons. The van der Waals surface area contributed by atoms with E-state index < -0.39 is 23.3 Å². The van der Waals surface area contributed by atoms with Gasteiger partial charge in [-0.25, -0.2) is 19.7 Å². The van der Waals surface area contributed by atoms with Crippen LogP contribution >= 0.6 is 0 Å². The lowest BCUT2D eigenvalue weighted by molar-refractivity contribution is -0.224. The average Bonchev–Trinajstić information content (AvgIpc) is 3.15. The maximum Gasteiger partial charge on any atom is 0.364 e. The first-order valence-electron chi connectivity index (χ1n) is 8.59. The Morgan fingerprint density at radius 1 is 1.21 bits per heavy atom. The van der Waals surface area contributed by atoms with Gasteiger partial charge in [0.15, 0.2) is 5.84 Å². The van der Waals surface area contributed by atoms with Gasteiger partial charge in [-0.3, -0.25) is 4.79 Å². The van der Waals surface area contributed by atoms with E-state index in [9.17, 15) is 9.59 Å². The summed E-state index contributed by atoms with van der Waals surface area (Å²) in [6, 6.07) is 0. The Balaban J connectivity index is 1.93. The maximum absolute atomic E-state index is 12.5. The minimum atomic E-state index is -1.71. The molecule has 0 aromatic rings. The van der Waals surface area contributed by atoms with E-state index in [1.165, 1.54) is 0 Å². The number of carbonyl (C=O) groups is 2. The molecule has 1 saturated heterocycles. The molecule has 8 heteroatoms. The number of nitrogens with zero attached hydrogens (tertiary/aromatic N) is 2. The standard InChI is InChI=1S/C16H24N2O6/c1-3-21-12(19)11-16(14(20)22-4-2)17-13-15(7-5-6-8-15)23-10-9-18(13)24-16/h3-11H2,1-2H3. The summed E-state index contributed by atoms with van der Waals surface area (Å²) in [4.78, 5) is 34.9. The number of esters is 2. The quantitative estimate of drug-likeness (QED) is 0.695. The van der Waals surface area contributed by atoms with Crippen LogP contribution in [0.3, 0.4) is 0 Å². The Bertz CT molecular complexity index is 543. The summed E-state index contributed by atoms with van der Waals surface area (Å²) >= 11 is 0. The first-order valence-corrected chi connectivity index (χ1v) is 8.59. The van der Waals surface area contributed by atoms with Crippen LogP contribution in [-0.2, 0) is 28.6 Å². The van der Waals surface area contributed by atoms with E-state index in [-0.39, 0.29) is 19.6 Å². The van der Waals surface area contributed by atoms with Crippen molar-refractivity contribution in [2.45, 2.75) is 57.3 Å². The number of carbonyl (C=O) groups excluding carboxylic acids is 2. The van der Waals surface area contributed by atoms with Crippen molar-refractivity contribution in [3.8, 4) is 0 Å². The third-order valence-corrected chi connectivity index (χ3v) is 4.56. The van der Waals surface area contributed by atoms with Crippen molar-refractivity contribution in [3.05, 3.63) is 0 Å². The van der Waals surface area contributed by atoms with Crippen molar-refractivity contribution in [3.63, 3.8) is 0 Å². The van der Waals surface area contributed by atoms with Gasteiger partial charge in [-0.2, -0.15) is 0 Å². The molecule has 2 aliphatic heterocycles. The number of rotatable bonds is 5. The van der Waals surface area contributed by atoms with Gasteiger partial charge in [-0.05, 0) is 39.5 Å². The SMILES string of the molecule is CCOC(=O)CC1(C(=O)OCC)N=C2N(CCOC23CCCC3)O1. The van der Waals surface area contributed by atoms with Gasteiger partial charge in [0.25, 0.3) is 5.72 Å². The molecule has 3 rings (SSSR count). The van der Waals surface area contributed by atoms with Crippen molar-refractivity contribution >= 4 is 17.8 Å². The smallest absolute Gasteiger partial charge is 0.364 e. The maximum atomic E-state index is 12.5. The molecule has 24 heavy (non-hydrogen) atoms. The minimum Gasteiger partial charge on any atom is -0.466 e. The summed E-state index contributed by atoms with van der Waals surface area (Å²) in [6.07, 6.45) is 3.44. The molecule has 1 unspecified atom stereocenters. The molecular formula is C16H24N2O6. The molecule has 1 aliphatic carbocycles. The zero-order chi connectivity index (χ0) is 17.2. The number of hydrogen-bond donors (Lipinski definition) is 0. The Morgan fingerprint density at radius 2 is 1.92 bits per heavy atom. The summed E-state index contributed by atoms with van der Waals surface area (Å²) in [6.45, 7) is 4.78. The molecule has 8 nitrogen and oxygen atoms in total.